The van der Waals surface area contributed by atoms with Gasteiger partial charge in [0.1, 0.15) is 0 Å². The van der Waals surface area contributed by atoms with Crippen molar-refractivity contribution in [2.24, 2.45) is 0 Å². The lowest BCUT2D eigenvalue weighted by Gasteiger charge is -2.32. The van der Waals surface area contributed by atoms with Crippen LogP contribution in [0.15, 0.2) is 48.5 Å². The maximum absolute atomic E-state index is 12.1. The van der Waals surface area contributed by atoms with Gasteiger partial charge in [-0.2, -0.15) is 0 Å². The fourth-order valence-electron chi connectivity index (χ4n) is 3.43. The Morgan fingerprint density at radius 2 is 1.83 bits per heavy atom. The molecule has 2 aromatic rings. The maximum atomic E-state index is 12.1. The number of hydrogen-bond acceptors (Lipinski definition) is 5. The molecule has 8 heteroatoms. The van der Waals surface area contributed by atoms with Crippen molar-refractivity contribution in [3.8, 4) is 0 Å². The number of amides is 3. The summed E-state index contributed by atoms with van der Waals surface area (Å²) in [5, 5.41) is 16.3. The molecule has 0 spiro atoms. The van der Waals surface area contributed by atoms with Crippen molar-refractivity contribution in [3.05, 3.63) is 75.3 Å². The second-order valence-corrected chi connectivity index (χ2v) is 7.22. The molecular formula is C21H24N4O4. The van der Waals surface area contributed by atoms with Gasteiger partial charge >= 0.3 is 6.03 Å². The Balaban J connectivity index is 1.46. The molecule has 2 N–H and O–H groups in total. The zero-order valence-corrected chi connectivity index (χ0v) is 16.3. The van der Waals surface area contributed by atoms with Crippen LogP contribution in [0.25, 0.3) is 0 Å². The average molecular weight is 396 g/mol. The van der Waals surface area contributed by atoms with Crippen molar-refractivity contribution in [2.45, 2.75) is 32.4 Å². The van der Waals surface area contributed by atoms with Gasteiger partial charge in [-0.1, -0.05) is 30.3 Å². The number of rotatable bonds is 5. The number of nitro benzene ring substituents is 1. The van der Waals surface area contributed by atoms with Gasteiger partial charge in [0.15, 0.2) is 0 Å². The van der Waals surface area contributed by atoms with Crippen LogP contribution in [0.1, 0.15) is 34.3 Å². The molecule has 29 heavy (non-hydrogen) atoms. The first-order valence-electron chi connectivity index (χ1n) is 9.55. The molecule has 0 aromatic heterocycles. The van der Waals surface area contributed by atoms with E-state index in [4.69, 9.17) is 0 Å². The lowest BCUT2D eigenvalue weighted by atomic mass is 10.0. The number of nitro groups is 1. The fraction of sp³-hybridized carbons (Fsp3) is 0.333. The predicted octanol–water partition coefficient (Wildman–Crippen LogP) is 3.01. The summed E-state index contributed by atoms with van der Waals surface area (Å²) in [5.74, 6) is -0.429. The maximum Gasteiger partial charge on any atom is 0.321 e. The zero-order chi connectivity index (χ0) is 20.8. The molecule has 8 nitrogen and oxygen atoms in total. The quantitative estimate of drug-likeness (QED) is 0.597. The molecule has 3 rings (SSSR count). The van der Waals surface area contributed by atoms with Crippen LogP contribution in [0.3, 0.4) is 0 Å². The molecule has 1 saturated heterocycles. The van der Waals surface area contributed by atoms with Gasteiger partial charge < -0.3 is 5.32 Å². The van der Waals surface area contributed by atoms with Crippen LogP contribution >= 0.6 is 0 Å². The largest absolute Gasteiger partial charge is 0.335 e. The molecule has 0 saturated carbocycles. The van der Waals surface area contributed by atoms with Gasteiger partial charge in [0.05, 0.1) is 4.92 Å². The van der Waals surface area contributed by atoms with Gasteiger partial charge in [0.2, 0.25) is 0 Å². The number of aryl methyl sites for hydroxylation is 1. The van der Waals surface area contributed by atoms with Gasteiger partial charge in [-0.3, -0.25) is 25.1 Å². The number of likely N-dealkylation sites (tertiary alicyclic amines) is 1. The molecule has 152 valence electrons. The number of nitrogens with one attached hydrogen (secondary N) is 2. The van der Waals surface area contributed by atoms with Crippen molar-refractivity contribution in [3.63, 3.8) is 0 Å². The summed E-state index contributed by atoms with van der Waals surface area (Å²) < 4.78 is 0. The number of benzene rings is 2. The second-order valence-electron chi connectivity index (χ2n) is 7.22. The summed E-state index contributed by atoms with van der Waals surface area (Å²) in [6, 6.07) is 13.4. The van der Waals surface area contributed by atoms with Crippen LogP contribution in [0, 0.1) is 17.0 Å². The summed E-state index contributed by atoms with van der Waals surface area (Å²) in [5.41, 5.74) is 2.13. The van der Waals surface area contributed by atoms with Crippen molar-refractivity contribution >= 4 is 17.6 Å². The molecule has 1 heterocycles. The van der Waals surface area contributed by atoms with E-state index in [2.05, 4.69) is 15.5 Å². The number of carbonyl (C=O) groups is 2. The van der Waals surface area contributed by atoms with Gasteiger partial charge in [0, 0.05) is 42.9 Å². The normalized spacial score (nSPS) is 14.9. The Kier molecular flexibility index (Phi) is 6.56. The van der Waals surface area contributed by atoms with Crippen molar-refractivity contribution < 1.29 is 14.5 Å². The molecule has 0 bridgehead atoms. The van der Waals surface area contributed by atoms with E-state index in [0.717, 1.165) is 31.5 Å². The molecule has 1 aliphatic rings. The molecule has 1 aliphatic heterocycles. The first-order chi connectivity index (χ1) is 13.9. The number of imide groups is 1. The molecule has 0 radical (unpaired) electrons. The Hall–Kier alpha value is -3.26. The molecule has 2 aromatic carbocycles. The molecular weight excluding hydrogens is 372 g/mol. The van der Waals surface area contributed by atoms with Crippen LogP contribution in [0.2, 0.25) is 0 Å². The third-order valence-corrected chi connectivity index (χ3v) is 5.06. The van der Waals surface area contributed by atoms with E-state index in [1.807, 2.05) is 6.07 Å². The summed E-state index contributed by atoms with van der Waals surface area (Å²) in [4.78, 5) is 37.1. The van der Waals surface area contributed by atoms with Gasteiger partial charge in [-0.15, -0.1) is 0 Å². The number of carbonyl (C=O) groups excluding carboxylic acids is 2. The highest BCUT2D eigenvalue weighted by Crippen LogP contribution is 2.21. The Bertz CT molecular complexity index is 893. The summed E-state index contributed by atoms with van der Waals surface area (Å²) in [7, 11) is 0. The Labute approximate surface area is 169 Å². The third kappa shape index (κ3) is 5.61. The Morgan fingerprint density at radius 1 is 1.14 bits per heavy atom. The highest BCUT2D eigenvalue weighted by Gasteiger charge is 2.22. The third-order valence-electron chi connectivity index (χ3n) is 5.06. The standard InChI is InChI=1S/C21H24N4O4/c1-15-7-8-16(13-19(15)25(28)29)14-24-11-9-18(10-12-24)22-21(27)23-20(26)17-5-3-2-4-6-17/h2-8,13,18H,9-12,14H2,1H3,(H2,22,23,26,27). The van der Waals surface area contributed by atoms with E-state index >= 15 is 0 Å². The number of piperidine rings is 1. The summed E-state index contributed by atoms with van der Waals surface area (Å²) in [6.07, 6.45) is 1.50. The van der Waals surface area contributed by atoms with Crippen LogP contribution in [0.5, 0.6) is 0 Å². The first kappa shape index (κ1) is 20.5. The van der Waals surface area contributed by atoms with Gasteiger partial charge in [0.25, 0.3) is 11.6 Å². The minimum absolute atomic E-state index is 0.0119. The molecule has 3 amide bonds. The van der Waals surface area contributed by atoms with E-state index in [-0.39, 0.29) is 16.7 Å². The zero-order valence-electron chi connectivity index (χ0n) is 16.3. The van der Waals surface area contributed by atoms with E-state index in [0.29, 0.717) is 17.7 Å². The second kappa shape index (κ2) is 9.29. The van der Waals surface area contributed by atoms with Crippen LogP contribution in [-0.4, -0.2) is 40.9 Å². The molecule has 0 atom stereocenters. The van der Waals surface area contributed by atoms with Crippen LogP contribution < -0.4 is 10.6 Å². The smallest absolute Gasteiger partial charge is 0.321 e. The lowest BCUT2D eigenvalue weighted by molar-refractivity contribution is -0.385. The van der Waals surface area contributed by atoms with Crippen molar-refractivity contribution in [1.29, 1.82) is 0 Å². The number of hydrogen-bond donors (Lipinski definition) is 2. The van der Waals surface area contributed by atoms with E-state index in [1.54, 1.807) is 49.4 Å². The fourth-order valence-corrected chi connectivity index (χ4v) is 3.43. The SMILES string of the molecule is Cc1ccc(CN2CCC(NC(=O)NC(=O)c3ccccc3)CC2)cc1[N+](=O)[O-]. The summed E-state index contributed by atoms with van der Waals surface area (Å²) >= 11 is 0. The number of urea groups is 1. The van der Waals surface area contributed by atoms with Crippen LogP contribution in [0.4, 0.5) is 10.5 Å². The highest BCUT2D eigenvalue weighted by molar-refractivity contribution is 6.04. The monoisotopic (exact) mass is 396 g/mol. The van der Waals surface area contributed by atoms with E-state index in [9.17, 15) is 19.7 Å². The van der Waals surface area contributed by atoms with E-state index < -0.39 is 11.9 Å². The summed E-state index contributed by atoms with van der Waals surface area (Å²) in [6.45, 7) is 3.89. The highest BCUT2D eigenvalue weighted by atomic mass is 16.6. The molecule has 1 fully saturated rings. The first-order valence-corrected chi connectivity index (χ1v) is 9.55. The Morgan fingerprint density at radius 3 is 2.48 bits per heavy atom. The number of nitrogens with zero attached hydrogens (tertiary/aromatic N) is 2. The van der Waals surface area contributed by atoms with Crippen LogP contribution in [-0.2, 0) is 6.54 Å². The van der Waals surface area contributed by atoms with Gasteiger partial charge in [-0.25, -0.2) is 4.79 Å². The molecule has 0 unspecified atom stereocenters. The minimum Gasteiger partial charge on any atom is -0.335 e. The molecule has 0 aliphatic carbocycles. The average Bonchev–Trinajstić information content (AvgIpc) is 2.71. The minimum atomic E-state index is -0.494. The predicted molar refractivity (Wildman–Crippen MR) is 109 cm³/mol. The van der Waals surface area contributed by atoms with Gasteiger partial charge in [-0.05, 0) is 37.5 Å². The van der Waals surface area contributed by atoms with E-state index in [1.165, 1.54) is 0 Å². The van der Waals surface area contributed by atoms with Crippen molar-refractivity contribution in [1.82, 2.24) is 15.5 Å². The topological polar surface area (TPSA) is 105 Å². The lowest BCUT2D eigenvalue weighted by Crippen LogP contribution is -2.49. The van der Waals surface area contributed by atoms with Crippen molar-refractivity contribution in [2.75, 3.05) is 13.1 Å².